The monoisotopic (exact) mass is 303 g/mol. The third-order valence-electron chi connectivity index (χ3n) is 4.95. The topological polar surface area (TPSA) is 30.2 Å². The van der Waals surface area contributed by atoms with Crippen LogP contribution in [-0.2, 0) is 6.42 Å². The van der Waals surface area contributed by atoms with Crippen LogP contribution in [0, 0.1) is 0 Å². The van der Waals surface area contributed by atoms with Gasteiger partial charge in [0.05, 0.1) is 5.52 Å². The first-order valence-corrected chi connectivity index (χ1v) is 8.43. The average molecular weight is 303 g/mol. The minimum Gasteiger partial charge on any atom is -0.278 e. The number of benzene rings is 2. The normalized spacial score (nSPS) is 13.2. The maximum atomic E-state index is 4.45. The average Bonchev–Trinajstić information content (AvgIpc) is 3.05. The van der Waals surface area contributed by atoms with Crippen LogP contribution in [0.2, 0.25) is 0 Å². The summed E-state index contributed by atoms with van der Waals surface area (Å²) in [6.07, 6.45) is 2.03. The van der Waals surface area contributed by atoms with Crippen LogP contribution in [0.25, 0.3) is 27.3 Å². The van der Waals surface area contributed by atoms with E-state index in [2.05, 4.69) is 77.8 Å². The van der Waals surface area contributed by atoms with Crippen LogP contribution < -0.4 is 0 Å². The standard InChI is InChI=1S/C20H21N3/c1-4-13(3)14-10-11-18-17(12-14)15-8-6-7-9-16(15)20-22-21-19(5-2)23(18)20/h6-13H,4-5H2,1-3H3. The third-order valence-corrected chi connectivity index (χ3v) is 4.95. The molecule has 23 heavy (non-hydrogen) atoms. The van der Waals surface area contributed by atoms with E-state index in [9.17, 15) is 0 Å². The van der Waals surface area contributed by atoms with Gasteiger partial charge >= 0.3 is 0 Å². The van der Waals surface area contributed by atoms with Gasteiger partial charge in [-0.15, -0.1) is 10.2 Å². The Morgan fingerprint density at radius 1 is 0.957 bits per heavy atom. The van der Waals surface area contributed by atoms with Crippen molar-refractivity contribution in [3.05, 3.63) is 53.9 Å². The van der Waals surface area contributed by atoms with E-state index < -0.39 is 0 Å². The number of pyridine rings is 1. The molecule has 0 N–H and O–H groups in total. The van der Waals surface area contributed by atoms with Crippen LogP contribution in [0.4, 0.5) is 0 Å². The molecule has 1 unspecified atom stereocenters. The SMILES string of the molecule is CCc1nnc2c3ccccc3c3cc(C(C)CC)ccc3n12. The Morgan fingerprint density at radius 3 is 2.48 bits per heavy atom. The van der Waals surface area contributed by atoms with E-state index in [1.165, 1.54) is 27.2 Å². The molecule has 0 saturated carbocycles. The number of fused-ring (bicyclic) bond motifs is 6. The van der Waals surface area contributed by atoms with Crippen LogP contribution in [0.1, 0.15) is 44.5 Å². The highest BCUT2D eigenvalue weighted by Gasteiger charge is 2.14. The van der Waals surface area contributed by atoms with Gasteiger partial charge in [0.25, 0.3) is 0 Å². The van der Waals surface area contributed by atoms with Gasteiger partial charge in [-0.3, -0.25) is 4.40 Å². The van der Waals surface area contributed by atoms with Gasteiger partial charge in [0.1, 0.15) is 5.82 Å². The molecule has 0 aliphatic rings. The zero-order chi connectivity index (χ0) is 16.0. The Balaban J connectivity index is 2.22. The van der Waals surface area contributed by atoms with Gasteiger partial charge < -0.3 is 0 Å². The first-order chi connectivity index (χ1) is 11.2. The molecule has 0 spiro atoms. The van der Waals surface area contributed by atoms with Gasteiger partial charge in [0.15, 0.2) is 5.65 Å². The van der Waals surface area contributed by atoms with Crippen LogP contribution in [0.3, 0.4) is 0 Å². The molecular formula is C20H21N3. The molecule has 0 radical (unpaired) electrons. The zero-order valence-corrected chi connectivity index (χ0v) is 13.9. The maximum absolute atomic E-state index is 4.45. The smallest absolute Gasteiger partial charge is 0.169 e. The fourth-order valence-electron chi connectivity index (χ4n) is 3.39. The summed E-state index contributed by atoms with van der Waals surface area (Å²) in [5.74, 6) is 1.59. The van der Waals surface area contributed by atoms with Crippen LogP contribution in [-0.4, -0.2) is 14.6 Å². The van der Waals surface area contributed by atoms with Crippen LogP contribution in [0.15, 0.2) is 42.5 Å². The van der Waals surface area contributed by atoms with Crippen LogP contribution >= 0.6 is 0 Å². The molecule has 3 nitrogen and oxygen atoms in total. The summed E-state index contributed by atoms with van der Waals surface area (Å²) < 4.78 is 2.22. The predicted molar refractivity (Wildman–Crippen MR) is 96.1 cm³/mol. The Labute approximate surface area is 136 Å². The van der Waals surface area contributed by atoms with E-state index in [0.29, 0.717) is 5.92 Å². The Morgan fingerprint density at radius 2 is 1.74 bits per heavy atom. The molecule has 116 valence electrons. The third kappa shape index (κ3) is 2.03. The van der Waals surface area contributed by atoms with Crippen molar-refractivity contribution in [1.29, 1.82) is 0 Å². The summed E-state index contributed by atoms with van der Waals surface area (Å²) in [7, 11) is 0. The lowest BCUT2D eigenvalue weighted by Crippen LogP contribution is -1.98. The molecule has 2 heterocycles. The van der Waals surface area contributed by atoms with Crippen molar-refractivity contribution < 1.29 is 0 Å². The van der Waals surface area contributed by atoms with E-state index in [1.807, 2.05) is 0 Å². The van der Waals surface area contributed by atoms with Crippen molar-refractivity contribution >= 4 is 27.3 Å². The van der Waals surface area contributed by atoms with Crippen molar-refractivity contribution in [3.8, 4) is 0 Å². The summed E-state index contributed by atoms with van der Waals surface area (Å²) in [6.45, 7) is 6.66. The predicted octanol–water partition coefficient (Wildman–Crippen LogP) is 5.11. The molecule has 0 bridgehead atoms. The summed E-state index contributed by atoms with van der Waals surface area (Å²) >= 11 is 0. The van der Waals surface area contributed by atoms with Gasteiger partial charge in [-0.1, -0.05) is 51.1 Å². The zero-order valence-electron chi connectivity index (χ0n) is 13.9. The summed E-state index contributed by atoms with van der Waals surface area (Å²) in [5.41, 5.74) is 3.56. The Hall–Kier alpha value is -2.42. The number of rotatable bonds is 3. The highest BCUT2D eigenvalue weighted by atomic mass is 15.2. The van der Waals surface area contributed by atoms with E-state index in [0.717, 1.165) is 24.3 Å². The van der Waals surface area contributed by atoms with Crippen molar-refractivity contribution in [2.75, 3.05) is 0 Å². The van der Waals surface area contributed by atoms with E-state index in [-0.39, 0.29) is 0 Å². The lowest BCUT2D eigenvalue weighted by atomic mass is 9.95. The minimum atomic E-state index is 0.570. The van der Waals surface area contributed by atoms with Gasteiger partial charge in [0, 0.05) is 17.2 Å². The first-order valence-electron chi connectivity index (χ1n) is 8.43. The fourth-order valence-corrected chi connectivity index (χ4v) is 3.39. The van der Waals surface area contributed by atoms with Gasteiger partial charge in [-0.25, -0.2) is 0 Å². The van der Waals surface area contributed by atoms with Crippen molar-refractivity contribution in [2.24, 2.45) is 0 Å². The van der Waals surface area contributed by atoms with E-state index in [4.69, 9.17) is 0 Å². The van der Waals surface area contributed by atoms with Gasteiger partial charge in [-0.05, 0) is 35.4 Å². The Bertz CT molecular complexity index is 1010. The number of hydrogen-bond acceptors (Lipinski definition) is 2. The second-order valence-corrected chi connectivity index (χ2v) is 6.26. The van der Waals surface area contributed by atoms with Gasteiger partial charge in [0.2, 0.25) is 0 Å². The molecule has 2 aromatic carbocycles. The highest BCUT2D eigenvalue weighted by molar-refractivity contribution is 6.11. The van der Waals surface area contributed by atoms with E-state index in [1.54, 1.807) is 0 Å². The molecule has 1 atom stereocenters. The molecule has 4 rings (SSSR count). The van der Waals surface area contributed by atoms with Crippen molar-refractivity contribution in [1.82, 2.24) is 14.6 Å². The molecule has 2 aromatic heterocycles. The molecule has 0 aliphatic carbocycles. The molecule has 3 heteroatoms. The summed E-state index contributed by atoms with van der Waals surface area (Å²) in [5, 5.41) is 12.6. The summed E-state index contributed by atoms with van der Waals surface area (Å²) in [6, 6.07) is 15.4. The molecule has 0 saturated heterocycles. The van der Waals surface area contributed by atoms with E-state index >= 15 is 0 Å². The molecule has 0 amide bonds. The summed E-state index contributed by atoms with van der Waals surface area (Å²) in [4.78, 5) is 0. The highest BCUT2D eigenvalue weighted by Crippen LogP contribution is 2.32. The quantitative estimate of drug-likeness (QED) is 0.492. The van der Waals surface area contributed by atoms with Gasteiger partial charge in [-0.2, -0.15) is 0 Å². The Kier molecular flexibility index (Phi) is 3.29. The number of hydrogen-bond donors (Lipinski definition) is 0. The molecule has 0 aliphatic heterocycles. The molecule has 0 fully saturated rings. The first kappa shape index (κ1) is 14.2. The maximum Gasteiger partial charge on any atom is 0.169 e. The lowest BCUT2D eigenvalue weighted by molar-refractivity contribution is 0.734. The second-order valence-electron chi connectivity index (χ2n) is 6.26. The fraction of sp³-hybridized carbons (Fsp3) is 0.300. The minimum absolute atomic E-state index is 0.570. The lowest BCUT2D eigenvalue weighted by Gasteiger charge is -2.13. The second kappa shape index (κ2) is 5.34. The largest absolute Gasteiger partial charge is 0.278 e. The number of aryl methyl sites for hydroxylation is 1. The number of nitrogens with zero attached hydrogens (tertiary/aromatic N) is 3. The number of aromatic nitrogens is 3. The van der Waals surface area contributed by atoms with Crippen molar-refractivity contribution in [2.45, 2.75) is 39.5 Å². The molecule has 4 aromatic rings. The van der Waals surface area contributed by atoms with Crippen LogP contribution in [0.5, 0.6) is 0 Å². The van der Waals surface area contributed by atoms with Crippen molar-refractivity contribution in [3.63, 3.8) is 0 Å². The molecular weight excluding hydrogens is 282 g/mol.